The highest BCUT2D eigenvalue weighted by atomic mass is 16.6. The maximum absolute atomic E-state index is 11.3. The van der Waals surface area contributed by atoms with Gasteiger partial charge >= 0.3 is 0 Å². The number of nitrogens with one attached hydrogen (secondary N) is 1. The molecule has 6 heteroatoms. The lowest BCUT2D eigenvalue weighted by Crippen LogP contribution is -2.16. The van der Waals surface area contributed by atoms with E-state index in [4.69, 9.17) is 18.9 Å². The number of amides is 1. The standard InChI is InChI=1S/C15H19NO5/c1-2-15(17)16-12-3-4-13-14(11-12)21-10-8-19-6-5-18-7-9-20-13/h2-4,11H,1,5-10H2,(H,16,17). The van der Waals surface area contributed by atoms with E-state index in [9.17, 15) is 4.79 Å². The van der Waals surface area contributed by atoms with Crippen LogP contribution in [0.4, 0.5) is 5.69 Å². The van der Waals surface area contributed by atoms with Crippen molar-refractivity contribution in [2.24, 2.45) is 0 Å². The molecule has 0 atom stereocenters. The quantitative estimate of drug-likeness (QED) is 0.839. The summed E-state index contributed by atoms with van der Waals surface area (Å²) in [6.07, 6.45) is 1.21. The molecule has 0 radical (unpaired) electrons. The number of benzene rings is 1. The minimum Gasteiger partial charge on any atom is -0.487 e. The van der Waals surface area contributed by atoms with Gasteiger partial charge in [-0.25, -0.2) is 0 Å². The molecule has 6 nitrogen and oxygen atoms in total. The van der Waals surface area contributed by atoms with Crippen LogP contribution in [0.3, 0.4) is 0 Å². The normalized spacial score (nSPS) is 16.2. The summed E-state index contributed by atoms with van der Waals surface area (Å²) in [7, 11) is 0. The number of hydrogen-bond donors (Lipinski definition) is 1. The summed E-state index contributed by atoms with van der Waals surface area (Å²) >= 11 is 0. The lowest BCUT2D eigenvalue weighted by molar-refractivity contribution is -0.111. The van der Waals surface area contributed by atoms with E-state index < -0.39 is 0 Å². The molecule has 1 aliphatic rings. The molecule has 0 bridgehead atoms. The summed E-state index contributed by atoms with van der Waals surface area (Å²) < 4.78 is 22.0. The number of carbonyl (C=O) groups is 1. The average Bonchev–Trinajstić information content (AvgIpc) is 2.48. The first-order chi connectivity index (χ1) is 10.3. The molecule has 0 spiro atoms. The van der Waals surface area contributed by atoms with Crippen molar-refractivity contribution >= 4 is 11.6 Å². The third-order valence-corrected chi connectivity index (χ3v) is 2.74. The predicted molar refractivity (Wildman–Crippen MR) is 77.9 cm³/mol. The third-order valence-electron chi connectivity index (χ3n) is 2.74. The summed E-state index contributed by atoms with van der Waals surface area (Å²) in [6, 6.07) is 5.21. The Bertz CT molecular complexity index is 489. The second kappa shape index (κ2) is 8.28. The van der Waals surface area contributed by atoms with Gasteiger partial charge in [0.15, 0.2) is 11.5 Å². The molecule has 0 unspecified atom stereocenters. The van der Waals surface area contributed by atoms with Crippen molar-refractivity contribution in [1.29, 1.82) is 0 Å². The number of carbonyl (C=O) groups excluding carboxylic acids is 1. The van der Waals surface area contributed by atoms with Gasteiger partial charge in [-0.2, -0.15) is 0 Å². The smallest absolute Gasteiger partial charge is 0.247 e. The van der Waals surface area contributed by atoms with Crippen molar-refractivity contribution in [1.82, 2.24) is 0 Å². The minimum atomic E-state index is -0.277. The molecule has 0 fully saturated rings. The van der Waals surface area contributed by atoms with Crippen LogP contribution in [0.2, 0.25) is 0 Å². The summed E-state index contributed by atoms with van der Waals surface area (Å²) in [5.74, 6) is 0.887. The van der Waals surface area contributed by atoms with Gasteiger partial charge in [0.05, 0.1) is 26.4 Å². The Morgan fingerprint density at radius 2 is 1.62 bits per heavy atom. The zero-order valence-corrected chi connectivity index (χ0v) is 11.8. The predicted octanol–water partition coefficient (Wildman–Crippen LogP) is 1.62. The molecule has 0 saturated heterocycles. The van der Waals surface area contributed by atoms with Gasteiger partial charge in [0.25, 0.3) is 0 Å². The Labute approximate surface area is 123 Å². The zero-order valence-electron chi connectivity index (χ0n) is 11.8. The van der Waals surface area contributed by atoms with E-state index in [1.807, 2.05) is 0 Å². The van der Waals surface area contributed by atoms with Crippen LogP contribution in [0.5, 0.6) is 11.5 Å². The summed E-state index contributed by atoms with van der Waals surface area (Å²) in [5.41, 5.74) is 0.617. The monoisotopic (exact) mass is 293 g/mol. The van der Waals surface area contributed by atoms with Gasteiger partial charge in [0.2, 0.25) is 5.91 Å². The molecule has 1 aromatic carbocycles. The molecule has 1 aromatic rings. The SMILES string of the molecule is C=CC(=O)Nc1ccc2c(c1)OCCOCCOCCO2. The van der Waals surface area contributed by atoms with E-state index >= 15 is 0 Å². The van der Waals surface area contributed by atoms with Crippen LogP contribution in [-0.4, -0.2) is 45.5 Å². The van der Waals surface area contributed by atoms with Crippen LogP contribution in [-0.2, 0) is 14.3 Å². The van der Waals surface area contributed by atoms with Crippen molar-refractivity contribution < 1.29 is 23.7 Å². The van der Waals surface area contributed by atoms with Gasteiger partial charge in [0.1, 0.15) is 13.2 Å². The maximum Gasteiger partial charge on any atom is 0.247 e. The topological polar surface area (TPSA) is 66.0 Å². The van der Waals surface area contributed by atoms with Crippen LogP contribution in [0, 0.1) is 0 Å². The summed E-state index contributed by atoms with van der Waals surface area (Å²) in [5, 5.41) is 2.68. The van der Waals surface area contributed by atoms with Crippen LogP contribution in [0.25, 0.3) is 0 Å². The first-order valence-electron chi connectivity index (χ1n) is 6.78. The average molecular weight is 293 g/mol. The fraction of sp³-hybridized carbons (Fsp3) is 0.400. The molecule has 0 aromatic heterocycles. The molecule has 1 aliphatic heterocycles. The highest BCUT2D eigenvalue weighted by Gasteiger charge is 2.09. The number of fused-ring (bicyclic) bond motifs is 1. The molecule has 21 heavy (non-hydrogen) atoms. The van der Waals surface area contributed by atoms with Gasteiger partial charge in [-0.1, -0.05) is 6.58 Å². The molecule has 2 rings (SSSR count). The van der Waals surface area contributed by atoms with E-state index in [1.165, 1.54) is 6.08 Å². The Balaban J connectivity index is 2.09. The molecule has 1 heterocycles. The van der Waals surface area contributed by atoms with Gasteiger partial charge in [-0.3, -0.25) is 4.79 Å². The number of ether oxygens (including phenoxy) is 4. The number of anilines is 1. The van der Waals surface area contributed by atoms with E-state index in [2.05, 4.69) is 11.9 Å². The van der Waals surface area contributed by atoms with Gasteiger partial charge < -0.3 is 24.3 Å². The van der Waals surface area contributed by atoms with Gasteiger partial charge in [-0.05, 0) is 18.2 Å². The van der Waals surface area contributed by atoms with Gasteiger partial charge in [0, 0.05) is 11.8 Å². The minimum absolute atomic E-state index is 0.277. The first kappa shape index (κ1) is 15.3. The summed E-state index contributed by atoms with van der Waals surface area (Å²) in [6.45, 7) is 6.26. The Morgan fingerprint density at radius 3 is 2.29 bits per heavy atom. The second-order valence-corrected chi connectivity index (χ2v) is 4.28. The number of rotatable bonds is 2. The number of hydrogen-bond acceptors (Lipinski definition) is 5. The second-order valence-electron chi connectivity index (χ2n) is 4.28. The maximum atomic E-state index is 11.3. The molecule has 1 amide bonds. The molecular weight excluding hydrogens is 274 g/mol. The van der Waals surface area contributed by atoms with Crippen LogP contribution in [0.15, 0.2) is 30.9 Å². The highest BCUT2D eigenvalue weighted by Crippen LogP contribution is 2.30. The Morgan fingerprint density at radius 1 is 1.00 bits per heavy atom. The fourth-order valence-electron chi connectivity index (χ4n) is 1.75. The van der Waals surface area contributed by atoms with Crippen molar-refractivity contribution in [3.63, 3.8) is 0 Å². The van der Waals surface area contributed by atoms with Crippen LogP contribution >= 0.6 is 0 Å². The molecular formula is C15H19NO5. The summed E-state index contributed by atoms with van der Waals surface area (Å²) in [4.78, 5) is 11.3. The molecule has 0 aliphatic carbocycles. The molecule has 114 valence electrons. The van der Waals surface area contributed by atoms with E-state index in [0.717, 1.165) is 0 Å². The van der Waals surface area contributed by atoms with Crippen LogP contribution < -0.4 is 14.8 Å². The van der Waals surface area contributed by atoms with Gasteiger partial charge in [-0.15, -0.1) is 0 Å². The Kier molecular flexibility index (Phi) is 6.05. The van der Waals surface area contributed by atoms with Crippen LogP contribution in [0.1, 0.15) is 0 Å². The van der Waals surface area contributed by atoms with E-state index in [1.54, 1.807) is 18.2 Å². The van der Waals surface area contributed by atoms with Crippen molar-refractivity contribution in [3.05, 3.63) is 30.9 Å². The lowest BCUT2D eigenvalue weighted by Gasteiger charge is -2.16. The van der Waals surface area contributed by atoms with Crippen molar-refractivity contribution in [3.8, 4) is 11.5 Å². The Hall–Kier alpha value is -2.05. The fourth-order valence-corrected chi connectivity index (χ4v) is 1.75. The largest absolute Gasteiger partial charge is 0.487 e. The first-order valence-corrected chi connectivity index (χ1v) is 6.78. The zero-order chi connectivity index (χ0) is 14.9. The third kappa shape index (κ3) is 5.09. The lowest BCUT2D eigenvalue weighted by atomic mass is 10.2. The van der Waals surface area contributed by atoms with E-state index in [0.29, 0.717) is 56.8 Å². The van der Waals surface area contributed by atoms with Crippen molar-refractivity contribution in [2.75, 3.05) is 45.0 Å². The van der Waals surface area contributed by atoms with E-state index in [-0.39, 0.29) is 5.91 Å². The highest BCUT2D eigenvalue weighted by molar-refractivity contribution is 5.99. The molecule has 1 N–H and O–H groups in total. The van der Waals surface area contributed by atoms with Crippen molar-refractivity contribution in [2.45, 2.75) is 0 Å². The molecule has 0 saturated carbocycles.